The van der Waals surface area contributed by atoms with Crippen molar-refractivity contribution in [1.29, 1.82) is 0 Å². The molecular weight excluding hydrogens is 430 g/mol. The summed E-state index contributed by atoms with van der Waals surface area (Å²) in [4.78, 5) is 27.0. The number of ketones is 1. The van der Waals surface area contributed by atoms with Gasteiger partial charge >= 0.3 is 5.97 Å². The summed E-state index contributed by atoms with van der Waals surface area (Å²) in [6.45, 7) is 6.17. The Morgan fingerprint density at radius 1 is 1.06 bits per heavy atom. The van der Waals surface area contributed by atoms with Gasteiger partial charge in [-0.1, -0.05) is 44.2 Å². The van der Waals surface area contributed by atoms with Gasteiger partial charge in [0.25, 0.3) is 0 Å². The van der Waals surface area contributed by atoms with Gasteiger partial charge in [-0.3, -0.25) is 4.79 Å². The van der Waals surface area contributed by atoms with E-state index < -0.39 is 11.9 Å². The summed E-state index contributed by atoms with van der Waals surface area (Å²) < 4.78 is 16.9. The third kappa shape index (κ3) is 4.58. The first-order valence-electron chi connectivity index (χ1n) is 11.4. The summed E-state index contributed by atoms with van der Waals surface area (Å²) in [6.07, 6.45) is 1.11. The van der Waals surface area contributed by atoms with E-state index in [0.29, 0.717) is 46.7 Å². The van der Waals surface area contributed by atoms with Crippen LogP contribution < -0.4 is 14.8 Å². The van der Waals surface area contributed by atoms with Gasteiger partial charge in [0.15, 0.2) is 5.78 Å². The maximum Gasteiger partial charge on any atom is 0.337 e. The summed E-state index contributed by atoms with van der Waals surface area (Å²) in [5.41, 5.74) is 3.97. The summed E-state index contributed by atoms with van der Waals surface area (Å²) in [7, 11) is 3.17. The highest BCUT2D eigenvalue weighted by molar-refractivity contribution is 6.04. The molecule has 1 atom stereocenters. The number of rotatable bonds is 6. The fourth-order valence-electron chi connectivity index (χ4n) is 4.88. The summed E-state index contributed by atoms with van der Waals surface area (Å²) in [5.74, 6) is 0.142. The highest BCUT2D eigenvalue weighted by atomic mass is 16.5. The predicted molar refractivity (Wildman–Crippen MR) is 129 cm³/mol. The van der Waals surface area contributed by atoms with E-state index in [9.17, 15) is 9.59 Å². The third-order valence-electron chi connectivity index (χ3n) is 6.42. The predicted octanol–water partition coefficient (Wildman–Crippen LogP) is 5.05. The highest BCUT2D eigenvalue weighted by Gasteiger charge is 2.44. The fraction of sp³-hybridized carbons (Fsp3) is 0.357. The van der Waals surface area contributed by atoms with E-state index in [0.717, 1.165) is 11.3 Å². The fourth-order valence-corrected chi connectivity index (χ4v) is 4.88. The largest absolute Gasteiger partial charge is 0.497 e. The molecule has 0 bridgehead atoms. The van der Waals surface area contributed by atoms with Crippen LogP contribution in [0.4, 0.5) is 0 Å². The van der Waals surface area contributed by atoms with Crippen molar-refractivity contribution >= 4 is 11.8 Å². The van der Waals surface area contributed by atoms with Crippen LogP contribution in [0.1, 0.15) is 50.7 Å². The van der Waals surface area contributed by atoms with Gasteiger partial charge in [0.1, 0.15) is 18.1 Å². The van der Waals surface area contributed by atoms with Crippen LogP contribution in [-0.2, 0) is 20.9 Å². The van der Waals surface area contributed by atoms with Crippen molar-refractivity contribution in [2.45, 2.75) is 46.1 Å². The standard InChI is InChI=1S/C28H31NO5/c1-17-24(27(31)34-16-18-9-7-6-8-10-18)25(20-13-19(32-4)11-12-23(20)33-5)26-21(29-17)14-28(2,3)15-22(26)30/h6-13,25,29H,14-16H2,1-5H3/t25-/m0/s1. The molecule has 34 heavy (non-hydrogen) atoms. The van der Waals surface area contributed by atoms with Crippen LogP contribution >= 0.6 is 0 Å². The lowest BCUT2D eigenvalue weighted by atomic mass is 9.68. The number of esters is 1. The number of dihydropyridines is 1. The second-order valence-corrected chi connectivity index (χ2v) is 9.60. The van der Waals surface area contributed by atoms with Gasteiger partial charge in [0, 0.05) is 29.0 Å². The quantitative estimate of drug-likeness (QED) is 0.607. The molecule has 6 heteroatoms. The molecule has 1 aliphatic heterocycles. The van der Waals surface area contributed by atoms with E-state index in [1.165, 1.54) is 0 Å². The minimum Gasteiger partial charge on any atom is -0.497 e. The van der Waals surface area contributed by atoms with Gasteiger partial charge < -0.3 is 19.5 Å². The molecule has 2 aromatic carbocycles. The number of carbonyl (C=O) groups excluding carboxylic acids is 2. The molecule has 0 spiro atoms. The van der Waals surface area contributed by atoms with E-state index in [-0.39, 0.29) is 17.8 Å². The van der Waals surface area contributed by atoms with Gasteiger partial charge in [-0.15, -0.1) is 0 Å². The number of methoxy groups -OCH3 is 2. The molecule has 0 aromatic heterocycles. The van der Waals surface area contributed by atoms with Crippen molar-refractivity contribution in [1.82, 2.24) is 5.32 Å². The number of ether oxygens (including phenoxy) is 3. The van der Waals surface area contributed by atoms with Crippen molar-refractivity contribution in [2.24, 2.45) is 5.41 Å². The lowest BCUT2D eigenvalue weighted by molar-refractivity contribution is -0.140. The van der Waals surface area contributed by atoms with E-state index in [1.807, 2.05) is 43.3 Å². The Labute approximate surface area is 200 Å². The first kappa shape index (κ1) is 23.6. The van der Waals surface area contributed by atoms with Crippen LogP contribution in [0.2, 0.25) is 0 Å². The van der Waals surface area contributed by atoms with Gasteiger partial charge in [-0.05, 0) is 42.5 Å². The van der Waals surface area contributed by atoms with Crippen LogP contribution in [0.5, 0.6) is 11.5 Å². The highest BCUT2D eigenvalue weighted by Crippen LogP contribution is 2.49. The molecular formula is C28H31NO5. The van der Waals surface area contributed by atoms with E-state index in [1.54, 1.807) is 26.4 Å². The lowest BCUT2D eigenvalue weighted by Crippen LogP contribution is -2.38. The number of allylic oxidation sites excluding steroid dienone is 3. The van der Waals surface area contributed by atoms with Crippen molar-refractivity contribution in [2.75, 3.05) is 14.2 Å². The van der Waals surface area contributed by atoms with Gasteiger partial charge in [0.05, 0.1) is 25.7 Å². The molecule has 0 saturated heterocycles. The maximum atomic E-state index is 13.5. The Balaban J connectivity index is 1.82. The zero-order valence-corrected chi connectivity index (χ0v) is 20.4. The normalized spacial score (nSPS) is 19.3. The lowest BCUT2D eigenvalue weighted by Gasteiger charge is -2.39. The third-order valence-corrected chi connectivity index (χ3v) is 6.42. The molecule has 4 rings (SSSR count). The van der Waals surface area contributed by atoms with Crippen molar-refractivity contribution < 1.29 is 23.8 Å². The number of hydrogen-bond donors (Lipinski definition) is 1. The van der Waals surface area contributed by atoms with E-state index >= 15 is 0 Å². The molecule has 178 valence electrons. The zero-order valence-electron chi connectivity index (χ0n) is 20.4. The van der Waals surface area contributed by atoms with E-state index in [4.69, 9.17) is 14.2 Å². The molecule has 2 aliphatic rings. The van der Waals surface area contributed by atoms with Crippen LogP contribution in [0.25, 0.3) is 0 Å². The molecule has 1 aliphatic carbocycles. The summed E-state index contributed by atoms with van der Waals surface area (Å²) >= 11 is 0. The topological polar surface area (TPSA) is 73.9 Å². The van der Waals surface area contributed by atoms with E-state index in [2.05, 4.69) is 19.2 Å². The van der Waals surface area contributed by atoms with Crippen LogP contribution in [-0.4, -0.2) is 26.0 Å². The average molecular weight is 462 g/mol. The number of hydrogen-bond acceptors (Lipinski definition) is 6. The smallest absolute Gasteiger partial charge is 0.337 e. The molecule has 0 amide bonds. The molecule has 0 saturated carbocycles. The molecule has 0 radical (unpaired) electrons. The number of carbonyl (C=O) groups is 2. The SMILES string of the molecule is COc1ccc(OC)c([C@H]2C(C(=O)OCc3ccccc3)=C(C)NC3=C2C(=O)CC(C)(C)C3)c1. The first-order chi connectivity index (χ1) is 16.2. The van der Waals surface area contributed by atoms with Crippen LogP contribution in [0.3, 0.4) is 0 Å². The average Bonchev–Trinajstić information content (AvgIpc) is 2.81. The van der Waals surface area contributed by atoms with Crippen molar-refractivity contribution in [3.05, 3.63) is 82.2 Å². The molecule has 0 fully saturated rings. The Morgan fingerprint density at radius 3 is 2.47 bits per heavy atom. The molecule has 1 N–H and O–H groups in total. The van der Waals surface area contributed by atoms with Gasteiger partial charge in [-0.2, -0.15) is 0 Å². The number of nitrogens with one attached hydrogen (secondary N) is 1. The Bertz CT molecular complexity index is 1180. The number of Topliss-reactive ketones (excluding diaryl/α,β-unsaturated/α-hetero) is 1. The minimum atomic E-state index is -0.617. The molecule has 1 heterocycles. The second-order valence-electron chi connectivity index (χ2n) is 9.60. The number of benzene rings is 2. The van der Waals surface area contributed by atoms with Gasteiger partial charge in [0.2, 0.25) is 0 Å². The van der Waals surface area contributed by atoms with Gasteiger partial charge in [-0.25, -0.2) is 4.79 Å². The van der Waals surface area contributed by atoms with Crippen LogP contribution in [0, 0.1) is 5.41 Å². The Hall–Kier alpha value is -3.54. The molecule has 0 unspecified atom stereocenters. The van der Waals surface area contributed by atoms with Crippen LogP contribution in [0.15, 0.2) is 71.1 Å². The zero-order chi connectivity index (χ0) is 24.5. The first-order valence-corrected chi connectivity index (χ1v) is 11.4. The van der Waals surface area contributed by atoms with Crippen molar-refractivity contribution in [3.63, 3.8) is 0 Å². The molecule has 6 nitrogen and oxygen atoms in total. The minimum absolute atomic E-state index is 0.0227. The van der Waals surface area contributed by atoms with Crippen molar-refractivity contribution in [3.8, 4) is 11.5 Å². The second kappa shape index (κ2) is 9.37. The summed E-state index contributed by atoms with van der Waals surface area (Å²) in [6, 6.07) is 15.0. The maximum absolute atomic E-state index is 13.5. The molecule has 2 aromatic rings. The summed E-state index contributed by atoms with van der Waals surface area (Å²) in [5, 5.41) is 3.36. The Kier molecular flexibility index (Phi) is 6.51. The Morgan fingerprint density at radius 2 is 1.79 bits per heavy atom. The monoisotopic (exact) mass is 461 g/mol.